The van der Waals surface area contributed by atoms with Crippen LogP contribution >= 0.6 is 0 Å². The van der Waals surface area contributed by atoms with Crippen LogP contribution in [0, 0.1) is 6.92 Å². The maximum Gasteiger partial charge on any atom is 0.335 e. The Morgan fingerprint density at radius 2 is 1.76 bits per heavy atom. The molecule has 0 aliphatic carbocycles. The molecule has 2 aromatic carbocycles. The van der Waals surface area contributed by atoms with Gasteiger partial charge in [-0.3, -0.25) is 4.79 Å². The zero-order valence-corrected chi connectivity index (χ0v) is 12.0. The Labute approximate surface area is 123 Å². The molecule has 2 aromatic rings. The molecule has 0 aliphatic rings. The third kappa shape index (κ3) is 3.69. The smallest absolute Gasteiger partial charge is 0.335 e. The number of rotatable bonds is 4. The second-order valence-electron chi connectivity index (χ2n) is 4.97. The normalized spacial score (nSPS) is 10.2. The standard InChI is InChI=1S/C17H17NO3/c1-12-4-3-5-13(10-12)11-16(19)18(2)15-8-6-14(7-9-15)17(20)21/h3-10H,11H2,1-2H3,(H,20,21). The number of benzene rings is 2. The Morgan fingerprint density at radius 1 is 1.10 bits per heavy atom. The van der Waals surface area contributed by atoms with Crippen LogP contribution < -0.4 is 4.90 Å². The van der Waals surface area contributed by atoms with Crippen LogP contribution in [0.1, 0.15) is 21.5 Å². The van der Waals surface area contributed by atoms with Crippen LogP contribution in [0.4, 0.5) is 5.69 Å². The van der Waals surface area contributed by atoms with Crippen LogP contribution in [0.15, 0.2) is 48.5 Å². The molecule has 1 N–H and O–H groups in total. The first-order valence-corrected chi connectivity index (χ1v) is 6.63. The van der Waals surface area contributed by atoms with Crippen LogP contribution in [0.5, 0.6) is 0 Å². The van der Waals surface area contributed by atoms with Crippen molar-refractivity contribution < 1.29 is 14.7 Å². The van der Waals surface area contributed by atoms with E-state index in [0.29, 0.717) is 12.1 Å². The van der Waals surface area contributed by atoms with Gasteiger partial charge >= 0.3 is 5.97 Å². The third-order valence-corrected chi connectivity index (χ3v) is 3.31. The van der Waals surface area contributed by atoms with Crippen molar-refractivity contribution in [2.45, 2.75) is 13.3 Å². The number of aromatic carboxylic acids is 1. The summed E-state index contributed by atoms with van der Waals surface area (Å²) in [5.74, 6) is -1.01. The number of nitrogens with zero attached hydrogens (tertiary/aromatic N) is 1. The quantitative estimate of drug-likeness (QED) is 0.938. The maximum absolute atomic E-state index is 12.3. The van der Waals surface area contributed by atoms with Crippen LogP contribution in [0.25, 0.3) is 0 Å². The largest absolute Gasteiger partial charge is 0.478 e. The molecule has 0 heterocycles. The van der Waals surface area contributed by atoms with Gasteiger partial charge in [-0.1, -0.05) is 29.8 Å². The predicted octanol–water partition coefficient (Wildman–Crippen LogP) is 2.90. The molecule has 0 atom stereocenters. The van der Waals surface area contributed by atoms with Crippen LogP contribution in [-0.4, -0.2) is 24.0 Å². The van der Waals surface area contributed by atoms with Crippen molar-refractivity contribution >= 4 is 17.6 Å². The van der Waals surface area contributed by atoms with Crippen LogP contribution in [0.2, 0.25) is 0 Å². The summed E-state index contributed by atoms with van der Waals surface area (Å²) in [6, 6.07) is 14.1. The van der Waals surface area contributed by atoms with E-state index in [1.54, 1.807) is 19.2 Å². The van der Waals surface area contributed by atoms with Crippen molar-refractivity contribution in [3.63, 3.8) is 0 Å². The van der Waals surface area contributed by atoms with Crippen molar-refractivity contribution in [3.05, 3.63) is 65.2 Å². The van der Waals surface area contributed by atoms with Gasteiger partial charge in [-0.25, -0.2) is 4.79 Å². The molecule has 0 aliphatic heterocycles. The Hall–Kier alpha value is -2.62. The van der Waals surface area contributed by atoms with Crippen molar-refractivity contribution in [1.82, 2.24) is 0 Å². The molecule has 0 unspecified atom stereocenters. The molecule has 0 saturated carbocycles. The van der Waals surface area contributed by atoms with Gasteiger partial charge in [0.1, 0.15) is 0 Å². The lowest BCUT2D eigenvalue weighted by atomic mass is 10.1. The number of likely N-dealkylation sites (N-methyl/N-ethyl adjacent to an activating group) is 1. The van der Waals surface area contributed by atoms with Crippen LogP contribution in [0.3, 0.4) is 0 Å². The fraction of sp³-hybridized carbons (Fsp3) is 0.176. The van der Waals surface area contributed by atoms with Gasteiger partial charge in [0.15, 0.2) is 0 Å². The lowest BCUT2D eigenvalue weighted by Gasteiger charge is -2.17. The van der Waals surface area contributed by atoms with E-state index in [1.165, 1.54) is 17.0 Å². The molecule has 21 heavy (non-hydrogen) atoms. The van der Waals surface area contributed by atoms with Crippen molar-refractivity contribution in [2.24, 2.45) is 0 Å². The second kappa shape index (κ2) is 6.22. The molecule has 0 radical (unpaired) electrons. The summed E-state index contributed by atoms with van der Waals surface area (Å²) in [6.07, 6.45) is 0.318. The lowest BCUT2D eigenvalue weighted by Crippen LogP contribution is -2.27. The number of hydrogen-bond donors (Lipinski definition) is 1. The monoisotopic (exact) mass is 283 g/mol. The molecular weight excluding hydrogens is 266 g/mol. The van der Waals surface area contributed by atoms with Gasteiger partial charge < -0.3 is 10.0 Å². The fourth-order valence-corrected chi connectivity index (χ4v) is 2.09. The highest BCUT2D eigenvalue weighted by molar-refractivity contribution is 5.95. The SMILES string of the molecule is Cc1cccc(CC(=O)N(C)c2ccc(C(=O)O)cc2)c1. The van der Waals surface area contributed by atoms with Crippen molar-refractivity contribution in [1.29, 1.82) is 0 Å². The van der Waals surface area contributed by atoms with Crippen molar-refractivity contribution in [3.8, 4) is 0 Å². The molecule has 4 nitrogen and oxygen atoms in total. The minimum Gasteiger partial charge on any atom is -0.478 e. The molecule has 0 bridgehead atoms. The Kier molecular flexibility index (Phi) is 4.38. The summed E-state index contributed by atoms with van der Waals surface area (Å²) < 4.78 is 0. The first-order chi connectivity index (χ1) is 9.97. The Bertz CT molecular complexity index is 662. The number of carbonyl (C=O) groups excluding carboxylic acids is 1. The van der Waals surface area contributed by atoms with E-state index in [2.05, 4.69) is 0 Å². The third-order valence-electron chi connectivity index (χ3n) is 3.31. The number of carboxylic acid groups (broad SMARTS) is 1. The van der Waals surface area contributed by atoms with Gasteiger partial charge in [0.2, 0.25) is 5.91 Å². The predicted molar refractivity (Wildman–Crippen MR) is 81.7 cm³/mol. The summed E-state index contributed by atoms with van der Waals surface area (Å²) >= 11 is 0. The van der Waals surface area contributed by atoms with Gasteiger partial charge in [0.25, 0.3) is 0 Å². The number of carboxylic acids is 1. The zero-order valence-electron chi connectivity index (χ0n) is 12.0. The topological polar surface area (TPSA) is 57.6 Å². The van der Waals surface area contributed by atoms with Gasteiger partial charge in [-0.05, 0) is 36.8 Å². The highest BCUT2D eigenvalue weighted by atomic mass is 16.4. The number of hydrogen-bond acceptors (Lipinski definition) is 2. The van der Waals surface area contributed by atoms with E-state index in [1.807, 2.05) is 31.2 Å². The average molecular weight is 283 g/mol. The van der Waals surface area contributed by atoms with Gasteiger partial charge in [0.05, 0.1) is 12.0 Å². The highest BCUT2D eigenvalue weighted by Gasteiger charge is 2.12. The van der Waals surface area contributed by atoms with Gasteiger partial charge in [0, 0.05) is 12.7 Å². The van der Waals surface area contributed by atoms with Gasteiger partial charge in [-0.15, -0.1) is 0 Å². The Morgan fingerprint density at radius 3 is 2.33 bits per heavy atom. The molecule has 0 fully saturated rings. The molecule has 0 spiro atoms. The molecule has 1 amide bonds. The summed E-state index contributed by atoms with van der Waals surface area (Å²) in [4.78, 5) is 24.6. The average Bonchev–Trinajstić information content (AvgIpc) is 2.46. The molecule has 0 aromatic heterocycles. The maximum atomic E-state index is 12.3. The summed E-state index contributed by atoms with van der Waals surface area (Å²) in [7, 11) is 1.69. The van der Waals surface area contributed by atoms with E-state index < -0.39 is 5.97 Å². The highest BCUT2D eigenvalue weighted by Crippen LogP contribution is 2.16. The van der Waals surface area contributed by atoms with Crippen molar-refractivity contribution in [2.75, 3.05) is 11.9 Å². The van der Waals surface area contributed by atoms with E-state index in [-0.39, 0.29) is 11.5 Å². The number of carbonyl (C=O) groups is 2. The van der Waals surface area contributed by atoms with Crippen LogP contribution in [-0.2, 0) is 11.2 Å². The molecule has 108 valence electrons. The summed E-state index contributed by atoms with van der Waals surface area (Å²) in [5, 5.41) is 8.86. The van der Waals surface area contributed by atoms with E-state index in [9.17, 15) is 9.59 Å². The molecular formula is C17H17NO3. The Balaban J connectivity index is 2.10. The fourth-order valence-electron chi connectivity index (χ4n) is 2.09. The first kappa shape index (κ1) is 14.8. The van der Waals surface area contributed by atoms with E-state index in [4.69, 9.17) is 5.11 Å². The first-order valence-electron chi connectivity index (χ1n) is 6.63. The number of amides is 1. The minimum absolute atomic E-state index is 0.0383. The number of aryl methyl sites for hydroxylation is 1. The lowest BCUT2D eigenvalue weighted by molar-refractivity contribution is -0.117. The molecule has 4 heteroatoms. The molecule has 0 saturated heterocycles. The van der Waals surface area contributed by atoms with Gasteiger partial charge in [-0.2, -0.15) is 0 Å². The molecule has 2 rings (SSSR count). The van der Waals surface area contributed by atoms with E-state index in [0.717, 1.165) is 11.1 Å². The zero-order chi connectivity index (χ0) is 15.4. The summed E-state index contributed by atoms with van der Waals surface area (Å²) in [5.41, 5.74) is 2.97. The second-order valence-corrected chi connectivity index (χ2v) is 4.97. The summed E-state index contributed by atoms with van der Waals surface area (Å²) in [6.45, 7) is 1.99. The van der Waals surface area contributed by atoms with E-state index >= 15 is 0 Å². The minimum atomic E-state index is -0.977. The number of anilines is 1.